The zero-order valence-corrected chi connectivity index (χ0v) is 18.9. The molecule has 3 aromatic rings. The van der Waals surface area contributed by atoms with Gasteiger partial charge < -0.3 is 9.64 Å². The Hall–Kier alpha value is -3.22. The maximum absolute atomic E-state index is 12.7. The van der Waals surface area contributed by atoms with Crippen LogP contribution in [0.2, 0.25) is 0 Å². The number of para-hydroxylation sites is 1. The number of hydrogen-bond acceptors (Lipinski definition) is 4. The van der Waals surface area contributed by atoms with E-state index >= 15 is 0 Å². The number of ether oxygens (including phenoxy) is 1. The fraction of sp³-hybridized carbons (Fsp3) is 0.231. The van der Waals surface area contributed by atoms with Crippen LogP contribution in [-0.2, 0) is 0 Å². The molecular weight excluding hydrogens is 418 g/mol. The van der Waals surface area contributed by atoms with Crippen molar-refractivity contribution in [1.29, 1.82) is 0 Å². The monoisotopic (exact) mass is 445 g/mol. The van der Waals surface area contributed by atoms with Crippen molar-refractivity contribution in [2.45, 2.75) is 6.04 Å². The number of hydrogen-bond donors (Lipinski definition) is 1. The zero-order chi connectivity index (χ0) is 22.3. The van der Waals surface area contributed by atoms with Gasteiger partial charge in [0.05, 0.1) is 18.7 Å². The molecule has 0 aromatic heterocycles. The van der Waals surface area contributed by atoms with Gasteiger partial charge in [-0.05, 0) is 35.5 Å². The van der Waals surface area contributed by atoms with Gasteiger partial charge in [-0.3, -0.25) is 15.0 Å². The molecule has 0 aliphatic carbocycles. The SMILES string of the molecule is COc1ccccc1C(=O)NC(=S)N1CCN(C(c2ccccc2)c2ccccc2)CC1. The quantitative estimate of drug-likeness (QED) is 0.599. The van der Waals surface area contributed by atoms with E-state index in [0.717, 1.165) is 26.2 Å². The second-order valence-electron chi connectivity index (χ2n) is 7.71. The average Bonchev–Trinajstić information content (AvgIpc) is 2.86. The van der Waals surface area contributed by atoms with Gasteiger partial charge in [0.2, 0.25) is 0 Å². The van der Waals surface area contributed by atoms with E-state index in [1.165, 1.54) is 11.1 Å². The van der Waals surface area contributed by atoms with Crippen molar-refractivity contribution in [2.24, 2.45) is 0 Å². The van der Waals surface area contributed by atoms with Crippen molar-refractivity contribution in [3.05, 3.63) is 102 Å². The van der Waals surface area contributed by atoms with Crippen LogP contribution in [0.25, 0.3) is 0 Å². The summed E-state index contributed by atoms with van der Waals surface area (Å²) in [6, 6.07) is 28.5. The zero-order valence-electron chi connectivity index (χ0n) is 18.1. The second kappa shape index (κ2) is 10.4. The molecule has 0 atom stereocenters. The van der Waals surface area contributed by atoms with Crippen molar-refractivity contribution >= 4 is 23.2 Å². The van der Waals surface area contributed by atoms with Gasteiger partial charge in [0.1, 0.15) is 5.75 Å². The van der Waals surface area contributed by atoms with E-state index in [1.54, 1.807) is 19.2 Å². The number of amides is 1. The van der Waals surface area contributed by atoms with Crippen molar-refractivity contribution in [3.63, 3.8) is 0 Å². The number of piperazine rings is 1. The maximum Gasteiger partial charge on any atom is 0.261 e. The van der Waals surface area contributed by atoms with Gasteiger partial charge >= 0.3 is 0 Å². The Balaban J connectivity index is 1.42. The van der Waals surface area contributed by atoms with Crippen molar-refractivity contribution < 1.29 is 9.53 Å². The first-order chi connectivity index (χ1) is 15.7. The number of thiocarbonyl (C=S) groups is 1. The number of benzene rings is 3. The molecule has 4 rings (SSSR count). The molecule has 0 bridgehead atoms. The summed E-state index contributed by atoms with van der Waals surface area (Å²) in [5, 5.41) is 3.32. The predicted molar refractivity (Wildman–Crippen MR) is 131 cm³/mol. The van der Waals surface area contributed by atoms with Gasteiger partial charge in [-0.25, -0.2) is 0 Å². The smallest absolute Gasteiger partial charge is 0.261 e. The lowest BCUT2D eigenvalue weighted by molar-refractivity contribution is 0.0964. The van der Waals surface area contributed by atoms with E-state index in [1.807, 2.05) is 24.3 Å². The van der Waals surface area contributed by atoms with Gasteiger partial charge in [0.15, 0.2) is 5.11 Å². The van der Waals surface area contributed by atoms with Crippen LogP contribution in [0.1, 0.15) is 27.5 Å². The molecule has 32 heavy (non-hydrogen) atoms. The lowest BCUT2D eigenvalue weighted by Gasteiger charge is -2.40. The Labute approximate surface area is 194 Å². The summed E-state index contributed by atoms with van der Waals surface area (Å²) in [5.41, 5.74) is 3.03. The molecule has 3 aromatic carbocycles. The number of carbonyl (C=O) groups excluding carboxylic acids is 1. The van der Waals surface area contributed by atoms with Crippen LogP contribution in [0, 0.1) is 0 Å². The normalized spacial score (nSPS) is 14.2. The lowest BCUT2D eigenvalue weighted by atomic mass is 9.96. The van der Waals surface area contributed by atoms with Crippen molar-refractivity contribution in [1.82, 2.24) is 15.1 Å². The summed E-state index contributed by atoms with van der Waals surface area (Å²) in [6.07, 6.45) is 0. The standard InChI is InChI=1S/C26H27N3O2S/c1-31-23-15-9-8-14-22(23)25(30)27-26(32)29-18-16-28(17-19-29)24(20-10-4-2-5-11-20)21-12-6-3-7-13-21/h2-15,24H,16-19H2,1H3,(H,27,30,32). The molecule has 1 heterocycles. The van der Waals surface area contributed by atoms with Crippen LogP contribution in [0.15, 0.2) is 84.9 Å². The predicted octanol–water partition coefficient (Wildman–Crippen LogP) is 4.12. The Morgan fingerprint density at radius 2 is 1.38 bits per heavy atom. The third-order valence-electron chi connectivity index (χ3n) is 5.77. The Morgan fingerprint density at radius 3 is 1.94 bits per heavy atom. The van der Waals surface area contributed by atoms with E-state index in [4.69, 9.17) is 17.0 Å². The Morgan fingerprint density at radius 1 is 0.844 bits per heavy atom. The van der Waals surface area contributed by atoms with Crippen molar-refractivity contribution in [3.8, 4) is 5.75 Å². The highest BCUT2D eigenvalue weighted by Gasteiger charge is 2.27. The third-order valence-corrected chi connectivity index (χ3v) is 6.13. The molecular formula is C26H27N3O2S. The van der Waals surface area contributed by atoms with Gasteiger partial charge in [-0.15, -0.1) is 0 Å². The summed E-state index contributed by atoms with van der Waals surface area (Å²) in [5.74, 6) is 0.285. The Kier molecular flexibility index (Phi) is 7.14. The second-order valence-corrected chi connectivity index (χ2v) is 8.09. The summed E-state index contributed by atoms with van der Waals surface area (Å²) in [7, 11) is 1.56. The number of rotatable bonds is 5. The molecule has 0 saturated carbocycles. The minimum Gasteiger partial charge on any atom is -0.496 e. The fourth-order valence-electron chi connectivity index (χ4n) is 4.14. The number of nitrogens with one attached hydrogen (secondary N) is 1. The van der Waals surface area contributed by atoms with Crippen LogP contribution in [0.3, 0.4) is 0 Å². The van der Waals surface area contributed by atoms with E-state index in [2.05, 4.69) is 63.6 Å². The first-order valence-electron chi connectivity index (χ1n) is 10.7. The minimum absolute atomic E-state index is 0.191. The highest BCUT2D eigenvalue weighted by molar-refractivity contribution is 7.80. The van der Waals surface area contributed by atoms with Gasteiger partial charge in [-0.2, -0.15) is 0 Å². The molecule has 5 nitrogen and oxygen atoms in total. The molecule has 164 valence electrons. The molecule has 1 aliphatic rings. The summed E-state index contributed by atoms with van der Waals surface area (Å²) < 4.78 is 5.29. The van der Waals surface area contributed by atoms with Crippen LogP contribution < -0.4 is 10.1 Å². The van der Waals surface area contributed by atoms with Gasteiger partial charge in [0.25, 0.3) is 5.91 Å². The molecule has 0 spiro atoms. The lowest BCUT2D eigenvalue weighted by Crippen LogP contribution is -2.53. The molecule has 1 amide bonds. The van der Waals surface area contributed by atoms with Crippen LogP contribution in [0.4, 0.5) is 0 Å². The van der Waals surface area contributed by atoms with Gasteiger partial charge in [0, 0.05) is 26.2 Å². The molecule has 1 N–H and O–H groups in total. The number of carbonyl (C=O) groups is 1. The van der Waals surface area contributed by atoms with Crippen molar-refractivity contribution in [2.75, 3.05) is 33.3 Å². The number of nitrogens with zero attached hydrogens (tertiary/aromatic N) is 2. The first kappa shape index (κ1) is 22.0. The Bertz CT molecular complexity index is 1010. The van der Waals surface area contributed by atoms with Crippen LogP contribution in [0.5, 0.6) is 5.75 Å². The van der Waals surface area contributed by atoms with E-state index < -0.39 is 0 Å². The summed E-state index contributed by atoms with van der Waals surface area (Å²) in [4.78, 5) is 17.2. The average molecular weight is 446 g/mol. The highest BCUT2D eigenvalue weighted by atomic mass is 32.1. The van der Waals surface area contributed by atoms with E-state index in [-0.39, 0.29) is 11.9 Å². The van der Waals surface area contributed by atoms with Crippen LogP contribution >= 0.6 is 12.2 Å². The maximum atomic E-state index is 12.7. The molecule has 1 saturated heterocycles. The molecule has 1 fully saturated rings. The number of methoxy groups -OCH3 is 1. The van der Waals surface area contributed by atoms with Crippen LogP contribution in [-0.4, -0.2) is 54.1 Å². The minimum atomic E-state index is -0.249. The van der Waals surface area contributed by atoms with E-state index in [0.29, 0.717) is 16.4 Å². The largest absolute Gasteiger partial charge is 0.496 e. The van der Waals surface area contributed by atoms with E-state index in [9.17, 15) is 4.79 Å². The van der Waals surface area contributed by atoms with Gasteiger partial charge in [-0.1, -0.05) is 72.8 Å². The third kappa shape index (κ3) is 4.98. The summed E-state index contributed by atoms with van der Waals surface area (Å²) >= 11 is 5.56. The molecule has 0 unspecified atom stereocenters. The topological polar surface area (TPSA) is 44.8 Å². The summed E-state index contributed by atoms with van der Waals surface area (Å²) in [6.45, 7) is 3.20. The molecule has 1 aliphatic heterocycles. The highest BCUT2D eigenvalue weighted by Crippen LogP contribution is 2.29. The molecule has 6 heteroatoms. The molecule has 0 radical (unpaired) electrons. The fourth-order valence-corrected chi connectivity index (χ4v) is 4.42. The first-order valence-corrected chi connectivity index (χ1v) is 11.2.